The molecule has 2 rings (SSSR count). The fourth-order valence-corrected chi connectivity index (χ4v) is 2.36. The fourth-order valence-electron chi connectivity index (χ4n) is 2.07. The van der Waals surface area contributed by atoms with Crippen LogP contribution >= 0.6 is 11.6 Å². The maximum Gasteiger partial charge on any atom is 0.150 e. The Balaban J connectivity index is 2.34. The van der Waals surface area contributed by atoms with E-state index >= 15 is 0 Å². The van der Waals surface area contributed by atoms with E-state index in [-0.39, 0.29) is 0 Å². The van der Waals surface area contributed by atoms with Crippen molar-refractivity contribution in [3.63, 3.8) is 0 Å². The highest BCUT2D eigenvalue weighted by atomic mass is 35.5. The summed E-state index contributed by atoms with van der Waals surface area (Å²) in [6, 6.07) is 0. The smallest absolute Gasteiger partial charge is 0.150 e. The average molecular weight is 214 g/mol. The van der Waals surface area contributed by atoms with Gasteiger partial charge in [-0.15, -0.1) is 0 Å². The van der Waals surface area contributed by atoms with Crippen LogP contribution in [0.1, 0.15) is 24.9 Å². The van der Waals surface area contributed by atoms with E-state index in [1.807, 2.05) is 0 Å². The highest BCUT2D eigenvalue weighted by Gasteiger charge is 2.21. The Bertz CT molecular complexity index is 332. The van der Waals surface area contributed by atoms with Gasteiger partial charge in [0.05, 0.1) is 5.69 Å². The van der Waals surface area contributed by atoms with Crippen molar-refractivity contribution in [2.75, 3.05) is 6.54 Å². The van der Waals surface area contributed by atoms with Gasteiger partial charge >= 0.3 is 0 Å². The van der Waals surface area contributed by atoms with Gasteiger partial charge in [-0.25, -0.2) is 4.98 Å². The summed E-state index contributed by atoms with van der Waals surface area (Å²) >= 11 is 6.07. The monoisotopic (exact) mass is 213 g/mol. The molecule has 2 N–H and O–H groups in total. The Morgan fingerprint density at radius 3 is 3.14 bits per heavy atom. The van der Waals surface area contributed by atoms with Crippen LogP contribution in [0.4, 0.5) is 0 Å². The fraction of sp³-hybridized carbons (Fsp3) is 0.700. The molecule has 1 unspecified atom stereocenters. The molecular formula is C10H16ClN3. The minimum atomic E-state index is 0.640. The first-order chi connectivity index (χ1) is 6.72. The second-order valence-corrected chi connectivity index (χ2v) is 4.42. The van der Waals surface area contributed by atoms with Crippen molar-refractivity contribution in [2.45, 2.75) is 32.7 Å². The highest BCUT2D eigenvalue weighted by Crippen LogP contribution is 2.27. The maximum absolute atomic E-state index is 6.07. The molecule has 0 aliphatic carbocycles. The lowest BCUT2D eigenvalue weighted by Gasteiger charge is -2.22. The van der Waals surface area contributed by atoms with E-state index in [0.717, 1.165) is 31.1 Å². The molecule has 0 fully saturated rings. The van der Waals surface area contributed by atoms with Crippen molar-refractivity contribution in [3.8, 4) is 0 Å². The summed E-state index contributed by atoms with van der Waals surface area (Å²) in [7, 11) is 0. The largest absolute Gasteiger partial charge is 0.330 e. The molecular weight excluding hydrogens is 198 g/mol. The van der Waals surface area contributed by atoms with Gasteiger partial charge in [0.25, 0.3) is 0 Å². The summed E-state index contributed by atoms with van der Waals surface area (Å²) in [5.41, 5.74) is 6.74. The second-order valence-electron chi connectivity index (χ2n) is 4.06. The molecule has 1 aromatic rings. The van der Waals surface area contributed by atoms with Gasteiger partial charge in [-0.05, 0) is 25.3 Å². The van der Waals surface area contributed by atoms with Crippen molar-refractivity contribution in [1.29, 1.82) is 0 Å². The van der Waals surface area contributed by atoms with Crippen LogP contribution in [0.2, 0.25) is 5.15 Å². The molecule has 1 aromatic heterocycles. The Morgan fingerprint density at radius 1 is 1.64 bits per heavy atom. The summed E-state index contributed by atoms with van der Waals surface area (Å²) in [5.74, 6) is 1.78. The van der Waals surface area contributed by atoms with Gasteiger partial charge in [0, 0.05) is 13.0 Å². The van der Waals surface area contributed by atoms with Crippen molar-refractivity contribution in [2.24, 2.45) is 11.7 Å². The molecule has 4 heteroatoms. The van der Waals surface area contributed by atoms with E-state index in [2.05, 4.69) is 16.5 Å². The number of rotatable bonds is 2. The molecule has 3 nitrogen and oxygen atoms in total. The lowest BCUT2D eigenvalue weighted by molar-refractivity contribution is 0.391. The van der Waals surface area contributed by atoms with Crippen LogP contribution in [0.15, 0.2) is 0 Å². The standard InChI is InChI=1S/C10H16ClN3/c1-7-2-3-8-10(11)13-9(4-5-12)14(8)6-7/h7H,2-6,12H2,1H3. The SMILES string of the molecule is CC1CCc2c(Cl)nc(CCN)n2C1. The molecule has 1 atom stereocenters. The normalized spacial score (nSPS) is 20.9. The lowest BCUT2D eigenvalue weighted by atomic mass is 10.0. The van der Waals surface area contributed by atoms with Crippen LogP contribution in [0.3, 0.4) is 0 Å². The number of nitrogens with two attached hydrogens (primary N) is 1. The van der Waals surface area contributed by atoms with Crippen molar-refractivity contribution in [3.05, 3.63) is 16.7 Å². The quantitative estimate of drug-likeness (QED) is 0.812. The number of halogens is 1. The molecule has 0 amide bonds. The molecule has 0 spiro atoms. The second kappa shape index (κ2) is 3.91. The van der Waals surface area contributed by atoms with Crippen LogP contribution in [0.5, 0.6) is 0 Å². The molecule has 78 valence electrons. The van der Waals surface area contributed by atoms with E-state index in [4.69, 9.17) is 17.3 Å². The summed E-state index contributed by atoms with van der Waals surface area (Å²) < 4.78 is 2.25. The van der Waals surface area contributed by atoms with Gasteiger partial charge < -0.3 is 10.3 Å². The van der Waals surface area contributed by atoms with Crippen LogP contribution in [0, 0.1) is 5.92 Å². The third-order valence-electron chi connectivity index (χ3n) is 2.84. The van der Waals surface area contributed by atoms with Crippen molar-refractivity contribution < 1.29 is 0 Å². The molecule has 0 bridgehead atoms. The van der Waals surface area contributed by atoms with Gasteiger partial charge in [0.15, 0.2) is 5.15 Å². The van der Waals surface area contributed by atoms with Gasteiger partial charge in [0.1, 0.15) is 5.82 Å². The predicted octanol–water partition coefficient (Wildman–Crippen LogP) is 1.62. The van der Waals surface area contributed by atoms with Crippen LogP contribution in [0.25, 0.3) is 0 Å². The molecule has 0 saturated carbocycles. The van der Waals surface area contributed by atoms with E-state index in [9.17, 15) is 0 Å². The first-order valence-electron chi connectivity index (χ1n) is 5.16. The molecule has 0 saturated heterocycles. The van der Waals surface area contributed by atoms with E-state index in [1.54, 1.807) is 0 Å². The molecule has 0 radical (unpaired) electrons. The van der Waals surface area contributed by atoms with Gasteiger partial charge in [-0.1, -0.05) is 18.5 Å². The summed E-state index contributed by atoms with van der Waals surface area (Å²) in [4.78, 5) is 4.36. The minimum Gasteiger partial charge on any atom is -0.330 e. The Kier molecular flexibility index (Phi) is 2.79. The van der Waals surface area contributed by atoms with E-state index in [0.29, 0.717) is 11.7 Å². The zero-order valence-electron chi connectivity index (χ0n) is 8.46. The average Bonchev–Trinajstić information content (AvgIpc) is 2.44. The minimum absolute atomic E-state index is 0.640. The van der Waals surface area contributed by atoms with Crippen LogP contribution < -0.4 is 5.73 Å². The first-order valence-corrected chi connectivity index (χ1v) is 5.54. The molecule has 1 aliphatic heterocycles. The maximum atomic E-state index is 6.07. The van der Waals surface area contributed by atoms with Gasteiger partial charge in [-0.2, -0.15) is 0 Å². The molecule has 1 aliphatic rings. The Hall–Kier alpha value is -0.540. The number of aromatic nitrogens is 2. The van der Waals surface area contributed by atoms with E-state index in [1.165, 1.54) is 12.1 Å². The Labute approximate surface area is 89.3 Å². The zero-order valence-corrected chi connectivity index (χ0v) is 9.22. The number of hydrogen-bond donors (Lipinski definition) is 1. The zero-order chi connectivity index (χ0) is 10.1. The highest BCUT2D eigenvalue weighted by molar-refractivity contribution is 6.30. The van der Waals surface area contributed by atoms with E-state index < -0.39 is 0 Å². The number of nitrogens with zero attached hydrogens (tertiary/aromatic N) is 2. The summed E-state index contributed by atoms with van der Waals surface area (Å²) in [6.07, 6.45) is 3.09. The lowest BCUT2D eigenvalue weighted by Crippen LogP contribution is -2.20. The molecule has 2 heterocycles. The first kappa shape index (κ1) is 9.99. The third-order valence-corrected chi connectivity index (χ3v) is 3.14. The predicted molar refractivity (Wildman–Crippen MR) is 57.5 cm³/mol. The van der Waals surface area contributed by atoms with Crippen molar-refractivity contribution in [1.82, 2.24) is 9.55 Å². The van der Waals surface area contributed by atoms with Crippen LogP contribution in [-0.2, 0) is 19.4 Å². The Morgan fingerprint density at radius 2 is 2.43 bits per heavy atom. The summed E-state index contributed by atoms with van der Waals surface area (Å²) in [5, 5.41) is 0.681. The van der Waals surface area contributed by atoms with Crippen LogP contribution in [-0.4, -0.2) is 16.1 Å². The molecule has 0 aromatic carbocycles. The number of imidazole rings is 1. The van der Waals surface area contributed by atoms with Gasteiger partial charge in [-0.3, -0.25) is 0 Å². The topological polar surface area (TPSA) is 43.8 Å². The number of fused-ring (bicyclic) bond motifs is 1. The third kappa shape index (κ3) is 1.66. The van der Waals surface area contributed by atoms with Gasteiger partial charge in [0.2, 0.25) is 0 Å². The number of hydrogen-bond acceptors (Lipinski definition) is 2. The molecule has 14 heavy (non-hydrogen) atoms. The summed E-state index contributed by atoms with van der Waals surface area (Å²) in [6.45, 7) is 3.95. The van der Waals surface area contributed by atoms with Crippen molar-refractivity contribution >= 4 is 11.6 Å².